The first-order valence-electron chi connectivity index (χ1n) is 10.4. The molecule has 7 nitrogen and oxygen atoms in total. The average molecular weight is 484 g/mol. The second-order valence-electron chi connectivity index (χ2n) is 8.69. The highest BCUT2D eigenvalue weighted by Gasteiger charge is 2.30. The van der Waals surface area contributed by atoms with Gasteiger partial charge in [0, 0.05) is 23.6 Å². The van der Waals surface area contributed by atoms with Crippen LogP contribution in [0.3, 0.4) is 0 Å². The summed E-state index contributed by atoms with van der Waals surface area (Å²) in [7, 11) is 1.35. The second kappa shape index (κ2) is 10.8. The molecule has 2 atom stereocenters. The molecule has 2 rings (SSSR count). The highest BCUT2D eigenvalue weighted by molar-refractivity contribution is 6.05. The normalized spacial score (nSPS) is 14.4. The van der Waals surface area contributed by atoms with Gasteiger partial charge in [0.15, 0.2) is 17.5 Å². The minimum absolute atomic E-state index is 0.00962. The Bertz CT molecular complexity index is 1020. The predicted octanol–water partition coefficient (Wildman–Crippen LogP) is 3.70. The van der Waals surface area contributed by atoms with E-state index in [0.29, 0.717) is 5.56 Å². The molecule has 2 aromatic carbocycles. The number of methoxy groups -OCH3 is 1. The maximum absolute atomic E-state index is 14.0. The van der Waals surface area contributed by atoms with Crippen LogP contribution in [-0.4, -0.2) is 30.7 Å². The molecule has 2 unspecified atom stereocenters. The zero-order valence-electron chi connectivity index (χ0n) is 19.3. The van der Waals surface area contributed by atoms with E-state index in [1.165, 1.54) is 19.2 Å². The highest BCUT2D eigenvalue weighted by atomic mass is 19.4. The number of carbonyl (C=O) groups excluding carboxylic acids is 1. The number of halogens is 4. The molecule has 1 amide bonds. The van der Waals surface area contributed by atoms with Crippen LogP contribution in [-0.2, 0) is 6.18 Å². The van der Waals surface area contributed by atoms with Crippen LogP contribution < -0.4 is 26.8 Å². The van der Waals surface area contributed by atoms with E-state index < -0.39 is 41.2 Å². The van der Waals surface area contributed by atoms with E-state index in [2.05, 4.69) is 15.6 Å². The number of amides is 1. The van der Waals surface area contributed by atoms with E-state index in [1.807, 2.05) is 20.8 Å². The van der Waals surface area contributed by atoms with Gasteiger partial charge in [-0.1, -0.05) is 6.07 Å². The molecule has 0 spiro atoms. The second-order valence-corrected chi connectivity index (χ2v) is 8.69. The van der Waals surface area contributed by atoms with Crippen molar-refractivity contribution in [2.45, 2.75) is 51.1 Å². The number of rotatable bonds is 6. The summed E-state index contributed by atoms with van der Waals surface area (Å²) in [4.78, 5) is 16.9. The van der Waals surface area contributed by atoms with Gasteiger partial charge < -0.3 is 21.5 Å². The van der Waals surface area contributed by atoms with Gasteiger partial charge in [0.05, 0.1) is 12.7 Å². The van der Waals surface area contributed by atoms with Crippen molar-refractivity contribution in [3.8, 4) is 5.75 Å². The van der Waals surface area contributed by atoms with Gasteiger partial charge >= 0.3 is 6.18 Å². The quantitative estimate of drug-likeness (QED) is 0.284. The first kappa shape index (κ1) is 27.1. The number of benzene rings is 2. The van der Waals surface area contributed by atoms with Crippen molar-refractivity contribution in [3.05, 3.63) is 65.0 Å². The lowest BCUT2D eigenvalue weighted by atomic mass is 10.0. The fourth-order valence-corrected chi connectivity index (χ4v) is 2.97. The van der Waals surface area contributed by atoms with Crippen molar-refractivity contribution < 1.29 is 27.1 Å². The molecule has 0 aromatic heterocycles. The van der Waals surface area contributed by atoms with E-state index in [4.69, 9.17) is 16.2 Å². The monoisotopic (exact) mass is 483 g/mol. The van der Waals surface area contributed by atoms with Crippen LogP contribution in [0.1, 0.15) is 54.7 Å². The Hall–Kier alpha value is -3.18. The van der Waals surface area contributed by atoms with Gasteiger partial charge in [-0.15, -0.1) is 0 Å². The van der Waals surface area contributed by atoms with Gasteiger partial charge in [0.2, 0.25) is 0 Å². The van der Waals surface area contributed by atoms with Crippen molar-refractivity contribution in [2.24, 2.45) is 16.5 Å². The molecule has 0 bridgehead atoms. The van der Waals surface area contributed by atoms with Crippen LogP contribution >= 0.6 is 0 Å². The number of aliphatic imine (C=N–C) groups is 1. The number of guanidine groups is 1. The minimum atomic E-state index is -4.51. The molecule has 0 aliphatic carbocycles. The number of nitrogens with zero attached hydrogens (tertiary/aromatic N) is 1. The highest BCUT2D eigenvalue weighted by Crippen LogP contribution is 2.29. The smallest absolute Gasteiger partial charge is 0.416 e. The molecule has 0 aliphatic heterocycles. The van der Waals surface area contributed by atoms with E-state index in [-0.39, 0.29) is 23.7 Å². The number of alkyl halides is 3. The van der Waals surface area contributed by atoms with Crippen LogP contribution in [0.4, 0.5) is 17.6 Å². The topological polar surface area (TPSA) is 115 Å². The van der Waals surface area contributed by atoms with E-state index in [0.717, 1.165) is 24.3 Å². The SMILES string of the molecule is COc1ccc(C(N)CC(N)N=C(NC(=O)c2ccc(C(F)(F)F)cc2)NC(C)(C)C)cc1F. The molecule has 0 saturated carbocycles. The number of hydrogen-bond donors (Lipinski definition) is 4. The molecule has 0 radical (unpaired) electrons. The zero-order chi connectivity index (χ0) is 25.7. The number of nitrogens with two attached hydrogens (primary N) is 2. The van der Waals surface area contributed by atoms with Crippen LogP contribution in [0.2, 0.25) is 0 Å². The van der Waals surface area contributed by atoms with Gasteiger partial charge in [-0.2, -0.15) is 13.2 Å². The summed E-state index contributed by atoms with van der Waals surface area (Å²) >= 11 is 0. The zero-order valence-corrected chi connectivity index (χ0v) is 19.3. The maximum atomic E-state index is 14.0. The first-order chi connectivity index (χ1) is 15.7. The van der Waals surface area contributed by atoms with Gasteiger partial charge in [-0.05, 0) is 62.7 Å². The van der Waals surface area contributed by atoms with Crippen molar-refractivity contribution in [3.63, 3.8) is 0 Å². The van der Waals surface area contributed by atoms with Gasteiger partial charge in [0.1, 0.15) is 6.17 Å². The van der Waals surface area contributed by atoms with E-state index >= 15 is 0 Å². The molecule has 34 heavy (non-hydrogen) atoms. The summed E-state index contributed by atoms with van der Waals surface area (Å²) in [6.45, 7) is 5.47. The molecule has 0 heterocycles. The van der Waals surface area contributed by atoms with Gasteiger partial charge in [0.25, 0.3) is 5.91 Å². The molecule has 11 heteroatoms. The Kier molecular flexibility index (Phi) is 8.62. The predicted molar refractivity (Wildman–Crippen MR) is 122 cm³/mol. The van der Waals surface area contributed by atoms with Gasteiger partial charge in [-0.25, -0.2) is 9.38 Å². The fourth-order valence-electron chi connectivity index (χ4n) is 2.97. The molecule has 186 valence electrons. The third-order valence-corrected chi connectivity index (χ3v) is 4.59. The summed E-state index contributed by atoms with van der Waals surface area (Å²) < 4.78 is 57.2. The number of ether oxygens (including phenoxy) is 1. The van der Waals surface area contributed by atoms with Crippen molar-refractivity contribution >= 4 is 11.9 Å². The summed E-state index contributed by atoms with van der Waals surface area (Å²) in [6.07, 6.45) is -5.26. The van der Waals surface area contributed by atoms with Crippen LogP contribution in [0, 0.1) is 5.82 Å². The Morgan fingerprint density at radius 3 is 2.21 bits per heavy atom. The first-order valence-corrected chi connectivity index (χ1v) is 10.4. The Morgan fingerprint density at radius 2 is 1.71 bits per heavy atom. The Morgan fingerprint density at radius 1 is 1.09 bits per heavy atom. The molecular formula is C23H29F4N5O2. The van der Waals surface area contributed by atoms with Crippen LogP contribution in [0.25, 0.3) is 0 Å². The summed E-state index contributed by atoms with van der Waals surface area (Å²) in [5.41, 5.74) is 11.4. The summed E-state index contributed by atoms with van der Waals surface area (Å²) in [5, 5.41) is 5.54. The minimum Gasteiger partial charge on any atom is -0.494 e. The van der Waals surface area contributed by atoms with Gasteiger partial charge in [-0.3, -0.25) is 10.1 Å². The largest absolute Gasteiger partial charge is 0.494 e. The lowest BCUT2D eigenvalue weighted by molar-refractivity contribution is -0.137. The van der Waals surface area contributed by atoms with Crippen molar-refractivity contribution in [1.29, 1.82) is 0 Å². The Balaban J connectivity index is 2.16. The fraction of sp³-hybridized carbons (Fsp3) is 0.391. The number of nitrogens with one attached hydrogen (secondary N) is 2. The Labute approximate surface area is 195 Å². The van der Waals surface area contributed by atoms with E-state index in [1.54, 1.807) is 6.07 Å². The van der Waals surface area contributed by atoms with Crippen LogP contribution in [0.5, 0.6) is 5.75 Å². The lowest BCUT2D eigenvalue weighted by Crippen LogP contribution is -2.50. The van der Waals surface area contributed by atoms with Crippen LogP contribution in [0.15, 0.2) is 47.5 Å². The molecular weight excluding hydrogens is 454 g/mol. The molecule has 2 aromatic rings. The maximum Gasteiger partial charge on any atom is 0.416 e. The number of hydrogen-bond acceptors (Lipinski definition) is 5. The third-order valence-electron chi connectivity index (χ3n) is 4.59. The lowest BCUT2D eigenvalue weighted by Gasteiger charge is -2.25. The molecule has 6 N–H and O–H groups in total. The summed E-state index contributed by atoms with van der Waals surface area (Å²) in [5.74, 6) is -1.12. The third kappa shape index (κ3) is 7.99. The molecule has 0 aliphatic rings. The number of carbonyl (C=O) groups is 1. The molecule has 0 saturated heterocycles. The average Bonchev–Trinajstić information content (AvgIpc) is 2.71. The van der Waals surface area contributed by atoms with Crippen molar-refractivity contribution in [1.82, 2.24) is 10.6 Å². The van der Waals surface area contributed by atoms with Crippen molar-refractivity contribution in [2.75, 3.05) is 7.11 Å². The van der Waals surface area contributed by atoms with E-state index in [9.17, 15) is 22.4 Å². The summed E-state index contributed by atoms with van der Waals surface area (Å²) in [6, 6.07) is 7.45. The molecule has 0 fully saturated rings. The standard InChI is InChI=1S/C23H29F4N5O2/c1-22(2,3)32-21(31-20(33)13-5-8-15(9-6-13)23(25,26)27)30-19(29)12-17(28)14-7-10-18(34-4)16(24)11-14/h5-11,17,19H,12,28-29H2,1-4H3,(H2,30,31,32,33).